The number of carbonyl (C=O) groups excluding carboxylic acids is 1. The molecule has 0 atom stereocenters. The van der Waals surface area contributed by atoms with Gasteiger partial charge in [-0.3, -0.25) is 9.79 Å². The minimum absolute atomic E-state index is 0.0821. The van der Waals surface area contributed by atoms with E-state index >= 15 is 0 Å². The fourth-order valence-electron chi connectivity index (χ4n) is 3.07. The Bertz CT molecular complexity index is 1030. The highest BCUT2D eigenvalue weighted by atomic mass is 16.5. The van der Waals surface area contributed by atoms with Crippen LogP contribution in [0.1, 0.15) is 21.6 Å². The number of aromatic nitrogens is 2. The predicted octanol–water partition coefficient (Wildman–Crippen LogP) is 2.15. The molecule has 0 aliphatic carbocycles. The van der Waals surface area contributed by atoms with Crippen molar-refractivity contribution in [2.24, 2.45) is 4.99 Å². The number of rotatable bonds is 8. The number of hydrogen-bond donors (Lipinski definition) is 3. The molecule has 3 aromatic rings. The summed E-state index contributed by atoms with van der Waals surface area (Å²) in [5.74, 6) is 1.43. The third-order valence-corrected chi connectivity index (χ3v) is 4.76. The van der Waals surface area contributed by atoms with Gasteiger partial charge in [-0.05, 0) is 54.4 Å². The summed E-state index contributed by atoms with van der Waals surface area (Å²) < 4.78 is 7.02. The number of ether oxygens (including phenoxy) is 1. The van der Waals surface area contributed by atoms with Gasteiger partial charge >= 0.3 is 0 Å². The lowest BCUT2D eigenvalue weighted by atomic mass is 10.1. The molecule has 0 saturated heterocycles. The molecule has 0 radical (unpaired) electrons. The summed E-state index contributed by atoms with van der Waals surface area (Å²) >= 11 is 0. The van der Waals surface area contributed by atoms with E-state index in [4.69, 9.17) is 4.74 Å². The molecule has 0 unspecified atom stereocenters. The van der Waals surface area contributed by atoms with Crippen molar-refractivity contribution in [2.45, 2.75) is 13.0 Å². The van der Waals surface area contributed by atoms with Gasteiger partial charge in [0.1, 0.15) is 5.75 Å². The monoisotopic (exact) mass is 420 g/mol. The van der Waals surface area contributed by atoms with Crippen LogP contribution in [0.25, 0.3) is 5.69 Å². The number of guanidine groups is 1. The minimum Gasteiger partial charge on any atom is -0.497 e. The van der Waals surface area contributed by atoms with E-state index < -0.39 is 0 Å². The van der Waals surface area contributed by atoms with Gasteiger partial charge in [0.15, 0.2) is 5.96 Å². The van der Waals surface area contributed by atoms with Crippen LogP contribution in [-0.2, 0) is 13.0 Å². The van der Waals surface area contributed by atoms with Crippen LogP contribution < -0.4 is 20.7 Å². The van der Waals surface area contributed by atoms with Crippen LogP contribution in [0, 0.1) is 0 Å². The largest absolute Gasteiger partial charge is 0.497 e. The quantitative estimate of drug-likeness (QED) is 0.384. The highest BCUT2D eigenvalue weighted by Gasteiger charge is 2.06. The first-order valence-corrected chi connectivity index (χ1v) is 10.1. The van der Waals surface area contributed by atoms with Crippen molar-refractivity contribution < 1.29 is 9.53 Å². The van der Waals surface area contributed by atoms with Gasteiger partial charge in [-0.15, -0.1) is 0 Å². The van der Waals surface area contributed by atoms with Crippen LogP contribution in [-0.4, -0.2) is 49.4 Å². The van der Waals surface area contributed by atoms with Crippen LogP contribution >= 0.6 is 0 Å². The summed E-state index contributed by atoms with van der Waals surface area (Å²) in [6, 6.07) is 17.3. The average molecular weight is 421 g/mol. The van der Waals surface area contributed by atoms with E-state index in [1.807, 2.05) is 59.4 Å². The number of hydrogen-bond acceptors (Lipinski definition) is 4. The van der Waals surface area contributed by atoms with Crippen molar-refractivity contribution in [3.8, 4) is 11.4 Å². The Labute approximate surface area is 182 Å². The Balaban J connectivity index is 1.49. The molecule has 162 valence electrons. The first-order chi connectivity index (χ1) is 15.1. The maximum Gasteiger partial charge on any atom is 0.251 e. The van der Waals surface area contributed by atoms with Crippen LogP contribution in [0.2, 0.25) is 0 Å². The zero-order chi connectivity index (χ0) is 22.1. The fraction of sp³-hybridized carbons (Fsp3) is 0.261. The highest BCUT2D eigenvalue weighted by Crippen LogP contribution is 2.14. The summed E-state index contributed by atoms with van der Waals surface area (Å²) in [6.45, 7) is 1.24. The molecule has 0 aliphatic rings. The van der Waals surface area contributed by atoms with Crippen molar-refractivity contribution in [3.63, 3.8) is 0 Å². The highest BCUT2D eigenvalue weighted by molar-refractivity contribution is 5.94. The Hall–Kier alpha value is -3.81. The second kappa shape index (κ2) is 10.8. The maximum atomic E-state index is 11.8. The number of benzene rings is 2. The van der Waals surface area contributed by atoms with Gasteiger partial charge in [0, 0.05) is 32.4 Å². The van der Waals surface area contributed by atoms with Gasteiger partial charge in [0.2, 0.25) is 0 Å². The molecule has 1 heterocycles. The summed E-state index contributed by atoms with van der Waals surface area (Å²) in [5.41, 5.74) is 3.61. The molecule has 0 fully saturated rings. The predicted molar refractivity (Wildman–Crippen MR) is 122 cm³/mol. The molecule has 3 N–H and O–H groups in total. The lowest BCUT2D eigenvalue weighted by Crippen LogP contribution is -2.38. The molecular formula is C23H28N6O2. The number of amides is 1. The summed E-state index contributed by atoms with van der Waals surface area (Å²) in [5, 5.41) is 13.8. The molecule has 2 aromatic carbocycles. The lowest BCUT2D eigenvalue weighted by molar-refractivity contribution is 0.0963. The molecule has 8 heteroatoms. The van der Waals surface area contributed by atoms with Crippen LogP contribution in [0.5, 0.6) is 5.75 Å². The normalized spacial score (nSPS) is 11.1. The number of methoxy groups -OCH3 is 1. The number of carbonyl (C=O) groups is 1. The van der Waals surface area contributed by atoms with Gasteiger partial charge in [-0.1, -0.05) is 12.1 Å². The maximum absolute atomic E-state index is 11.8. The SMILES string of the molecule is CN=C(NCCc1cccc(C(=O)NC)c1)NCc1ccn(-c2ccc(OC)cc2)n1. The Morgan fingerprint density at radius 1 is 1.13 bits per heavy atom. The Kier molecular flexibility index (Phi) is 7.64. The second-order valence-electron chi connectivity index (χ2n) is 6.83. The number of aliphatic imine (C=N–C) groups is 1. The van der Waals surface area contributed by atoms with Gasteiger partial charge in [0.05, 0.1) is 25.0 Å². The summed E-state index contributed by atoms with van der Waals surface area (Å²) in [4.78, 5) is 16.0. The number of nitrogens with one attached hydrogen (secondary N) is 3. The molecule has 3 rings (SSSR count). The van der Waals surface area contributed by atoms with Gasteiger partial charge in [-0.2, -0.15) is 5.10 Å². The lowest BCUT2D eigenvalue weighted by Gasteiger charge is -2.11. The van der Waals surface area contributed by atoms with Crippen molar-refractivity contribution in [3.05, 3.63) is 77.6 Å². The van der Waals surface area contributed by atoms with E-state index in [1.165, 1.54) is 0 Å². The summed E-state index contributed by atoms with van der Waals surface area (Å²) in [6.07, 6.45) is 2.70. The van der Waals surface area contributed by atoms with E-state index in [9.17, 15) is 4.79 Å². The third kappa shape index (κ3) is 6.08. The molecule has 1 amide bonds. The second-order valence-corrected chi connectivity index (χ2v) is 6.83. The molecular weight excluding hydrogens is 392 g/mol. The topological polar surface area (TPSA) is 92.6 Å². The van der Waals surface area contributed by atoms with Crippen molar-refractivity contribution >= 4 is 11.9 Å². The van der Waals surface area contributed by atoms with E-state index in [2.05, 4.69) is 26.0 Å². The molecule has 8 nitrogen and oxygen atoms in total. The standard InChI is InChI=1S/C23H28N6O2/c1-24-22(30)18-6-4-5-17(15-18)11-13-26-23(25-2)27-16-19-12-14-29(28-19)20-7-9-21(31-3)10-8-20/h4-10,12,14-15H,11,13,16H2,1-3H3,(H,24,30)(H2,25,26,27). The smallest absolute Gasteiger partial charge is 0.251 e. The third-order valence-electron chi connectivity index (χ3n) is 4.76. The zero-order valence-electron chi connectivity index (χ0n) is 18.1. The Morgan fingerprint density at radius 2 is 1.94 bits per heavy atom. The van der Waals surface area contributed by atoms with E-state index in [0.717, 1.165) is 29.1 Å². The first kappa shape index (κ1) is 21.9. The fourth-order valence-corrected chi connectivity index (χ4v) is 3.07. The first-order valence-electron chi connectivity index (χ1n) is 10.1. The van der Waals surface area contributed by atoms with Crippen molar-refractivity contribution in [1.82, 2.24) is 25.7 Å². The van der Waals surface area contributed by atoms with Crippen molar-refractivity contribution in [1.29, 1.82) is 0 Å². The van der Waals surface area contributed by atoms with Gasteiger partial charge < -0.3 is 20.7 Å². The van der Waals surface area contributed by atoms with E-state index in [-0.39, 0.29) is 5.91 Å². The molecule has 0 bridgehead atoms. The van der Waals surface area contributed by atoms with Crippen molar-refractivity contribution in [2.75, 3.05) is 27.7 Å². The molecule has 0 spiro atoms. The molecule has 0 saturated carbocycles. The average Bonchev–Trinajstić information content (AvgIpc) is 3.30. The molecule has 1 aromatic heterocycles. The van der Waals surface area contributed by atoms with E-state index in [0.29, 0.717) is 24.6 Å². The van der Waals surface area contributed by atoms with Crippen LogP contribution in [0.3, 0.4) is 0 Å². The zero-order valence-corrected chi connectivity index (χ0v) is 18.1. The minimum atomic E-state index is -0.0821. The summed E-state index contributed by atoms with van der Waals surface area (Å²) in [7, 11) is 5.01. The van der Waals surface area contributed by atoms with E-state index in [1.54, 1.807) is 27.3 Å². The van der Waals surface area contributed by atoms with Crippen LogP contribution in [0.4, 0.5) is 0 Å². The number of nitrogens with zero attached hydrogens (tertiary/aromatic N) is 3. The molecule has 0 aliphatic heterocycles. The molecule has 31 heavy (non-hydrogen) atoms. The van der Waals surface area contributed by atoms with Crippen LogP contribution in [0.15, 0.2) is 65.8 Å². The van der Waals surface area contributed by atoms with Gasteiger partial charge in [0.25, 0.3) is 5.91 Å². The Morgan fingerprint density at radius 3 is 2.65 bits per heavy atom. The van der Waals surface area contributed by atoms with Gasteiger partial charge in [-0.25, -0.2) is 4.68 Å².